The van der Waals surface area contributed by atoms with Crippen LogP contribution >= 0.6 is 0 Å². The Morgan fingerprint density at radius 3 is 2.57 bits per heavy atom. The van der Waals surface area contributed by atoms with Gasteiger partial charge in [-0.05, 0) is 80.3 Å². The molecule has 3 aromatic carbocycles. The molecule has 0 fully saturated rings. The predicted molar refractivity (Wildman–Crippen MR) is 146 cm³/mol. The number of halogens is 1. The van der Waals surface area contributed by atoms with Gasteiger partial charge in [0.05, 0.1) is 18.4 Å². The van der Waals surface area contributed by atoms with Crippen LogP contribution in [0.1, 0.15) is 43.9 Å². The standard InChI is InChI=1S/C29H31FN2O4S/c1-6-13-37(33,34)36-20-9-10-22(27(15-20)35-5)21-11-12-24-28-23(21)17-32(26(28)16-29(3,4)31-24)25-14-19(30)8-7-18(25)2/h7-12,14-16,31H,6,13,17H2,1-5H3. The molecule has 1 N–H and O–H groups in total. The second-order valence-electron chi connectivity index (χ2n) is 10.1. The SMILES string of the molecule is CCCS(=O)(=O)Oc1ccc(-c2ccc3c4c2CN(c2cc(F)ccc2C)C4=CC(C)(C)N3)c(OC)c1. The van der Waals surface area contributed by atoms with Crippen LogP contribution in [0.3, 0.4) is 0 Å². The second-order valence-corrected chi connectivity index (χ2v) is 11.8. The Labute approximate surface area is 217 Å². The van der Waals surface area contributed by atoms with Crippen LogP contribution in [-0.2, 0) is 16.7 Å². The van der Waals surface area contributed by atoms with E-state index in [1.54, 1.807) is 38.3 Å². The topological polar surface area (TPSA) is 67.9 Å². The third kappa shape index (κ3) is 4.66. The molecule has 2 aliphatic rings. The van der Waals surface area contributed by atoms with Gasteiger partial charge in [-0.3, -0.25) is 0 Å². The van der Waals surface area contributed by atoms with Gasteiger partial charge in [-0.15, -0.1) is 0 Å². The van der Waals surface area contributed by atoms with Gasteiger partial charge in [-0.25, -0.2) is 4.39 Å². The largest absolute Gasteiger partial charge is 0.496 e. The van der Waals surface area contributed by atoms with Gasteiger partial charge in [-0.1, -0.05) is 19.1 Å². The maximum Gasteiger partial charge on any atom is 0.309 e. The van der Waals surface area contributed by atoms with Gasteiger partial charge < -0.3 is 19.1 Å². The second kappa shape index (κ2) is 9.10. The first-order valence-corrected chi connectivity index (χ1v) is 13.9. The van der Waals surface area contributed by atoms with Crippen molar-refractivity contribution in [3.8, 4) is 22.6 Å². The Morgan fingerprint density at radius 2 is 1.84 bits per heavy atom. The minimum atomic E-state index is -3.67. The monoisotopic (exact) mass is 522 g/mol. The van der Waals surface area contributed by atoms with Crippen LogP contribution in [0, 0.1) is 12.7 Å². The highest BCUT2D eigenvalue weighted by atomic mass is 32.2. The van der Waals surface area contributed by atoms with Gasteiger partial charge in [-0.2, -0.15) is 8.42 Å². The van der Waals surface area contributed by atoms with E-state index in [9.17, 15) is 12.8 Å². The van der Waals surface area contributed by atoms with Crippen LogP contribution in [0.25, 0.3) is 16.8 Å². The number of ether oxygens (including phenoxy) is 1. The molecule has 6 nitrogen and oxygen atoms in total. The van der Waals surface area contributed by atoms with Gasteiger partial charge in [0.15, 0.2) is 0 Å². The molecule has 2 heterocycles. The van der Waals surface area contributed by atoms with Crippen molar-refractivity contribution in [3.63, 3.8) is 0 Å². The summed E-state index contributed by atoms with van der Waals surface area (Å²) in [7, 11) is -2.12. The first-order valence-electron chi connectivity index (χ1n) is 12.3. The molecular formula is C29H31FN2O4S. The van der Waals surface area contributed by atoms with E-state index in [0.717, 1.165) is 44.9 Å². The molecule has 2 aliphatic heterocycles. The van der Waals surface area contributed by atoms with E-state index in [4.69, 9.17) is 8.92 Å². The highest BCUT2D eigenvalue weighted by Gasteiger charge is 2.37. The Bertz CT molecular complexity index is 1530. The van der Waals surface area contributed by atoms with E-state index in [1.807, 2.05) is 19.1 Å². The lowest BCUT2D eigenvalue weighted by molar-refractivity contribution is 0.413. The quantitative estimate of drug-likeness (QED) is 0.358. The van der Waals surface area contributed by atoms with Crippen molar-refractivity contribution in [3.05, 3.63) is 77.1 Å². The maximum atomic E-state index is 14.3. The average Bonchev–Trinajstić information content (AvgIpc) is 3.19. The molecule has 194 valence electrons. The van der Waals surface area contributed by atoms with E-state index < -0.39 is 10.1 Å². The molecule has 0 unspecified atom stereocenters. The molecule has 0 atom stereocenters. The molecule has 8 heteroatoms. The van der Waals surface area contributed by atoms with Crippen LogP contribution < -0.4 is 19.1 Å². The highest BCUT2D eigenvalue weighted by Crippen LogP contribution is 2.50. The zero-order valence-corrected chi connectivity index (χ0v) is 22.5. The Morgan fingerprint density at radius 1 is 1.08 bits per heavy atom. The minimum absolute atomic E-state index is 0.0557. The van der Waals surface area contributed by atoms with E-state index in [0.29, 0.717) is 18.7 Å². The number of aryl methyl sites for hydroxylation is 1. The number of benzene rings is 3. The number of methoxy groups -OCH3 is 1. The third-order valence-corrected chi connectivity index (χ3v) is 8.09. The van der Waals surface area contributed by atoms with Gasteiger partial charge in [0, 0.05) is 40.8 Å². The number of hydrogen-bond donors (Lipinski definition) is 1. The zero-order valence-electron chi connectivity index (χ0n) is 21.7. The van der Waals surface area contributed by atoms with Crippen molar-refractivity contribution in [2.75, 3.05) is 23.1 Å². The van der Waals surface area contributed by atoms with Crippen LogP contribution in [-0.4, -0.2) is 26.8 Å². The van der Waals surface area contributed by atoms with Crippen LogP contribution in [0.15, 0.2) is 54.6 Å². The molecule has 3 aromatic rings. The van der Waals surface area contributed by atoms with Gasteiger partial charge in [0.2, 0.25) is 0 Å². The van der Waals surface area contributed by atoms with E-state index in [-0.39, 0.29) is 22.9 Å². The van der Waals surface area contributed by atoms with Crippen LogP contribution in [0.2, 0.25) is 0 Å². The summed E-state index contributed by atoms with van der Waals surface area (Å²) in [6.07, 6.45) is 2.66. The lowest BCUT2D eigenvalue weighted by Crippen LogP contribution is -2.33. The number of anilines is 2. The first kappa shape index (κ1) is 25.1. The summed E-state index contributed by atoms with van der Waals surface area (Å²) in [6, 6.07) is 14.1. The number of nitrogens with one attached hydrogen (secondary N) is 1. The number of hydrogen-bond acceptors (Lipinski definition) is 6. The molecule has 0 saturated heterocycles. The molecule has 0 spiro atoms. The molecule has 37 heavy (non-hydrogen) atoms. The summed E-state index contributed by atoms with van der Waals surface area (Å²) in [5.74, 6) is 0.390. The lowest BCUT2D eigenvalue weighted by atomic mass is 9.89. The fourth-order valence-electron chi connectivity index (χ4n) is 5.19. The Hall–Kier alpha value is -3.52. The zero-order chi connectivity index (χ0) is 26.5. The van der Waals surface area contributed by atoms with Crippen molar-refractivity contribution in [1.82, 2.24) is 0 Å². The summed E-state index contributed by atoms with van der Waals surface area (Å²) < 4.78 is 49.7. The predicted octanol–water partition coefficient (Wildman–Crippen LogP) is 6.49. The molecule has 0 radical (unpaired) electrons. The van der Waals surface area contributed by atoms with Gasteiger partial charge in [0.1, 0.15) is 17.3 Å². The first-order chi connectivity index (χ1) is 17.5. The molecule has 0 saturated carbocycles. The van der Waals surface area contributed by atoms with Crippen molar-refractivity contribution in [2.24, 2.45) is 0 Å². The van der Waals surface area contributed by atoms with Crippen molar-refractivity contribution < 1.29 is 21.7 Å². The van der Waals surface area contributed by atoms with Crippen molar-refractivity contribution in [1.29, 1.82) is 0 Å². The van der Waals surface area contributed by atoms with Crippen LogP contribution in [0.4, 0.5) is 15.8 Å². The smallest absolute Gasteiger partial charge is 0.309 e. The summed E-state index contributed by atoms with van der Waals surface area (Å²) in [4.78, 5) is 2.17. The van der Waals surface area contributed by atoms with Crippen molar-refractivity contribution >= 4 is 27.2 Å². The summed E-state index contributed by atoms with van der Waals surface area (Å²) >= 11 is 0. The van der Waals surface area contributed by atoms with E-state index in [1.165, 1.54) is 6.07 Å². The van der Waals surface area contributed by atoms with Gasteiger partial charge >= 0.3 is 10.1 Å². The van der Waals surface area contributed by atoms with Crippen LogP contribution in [0.5, 0.6) is 11.5 Å². The summed E-state index contributed by atoms with van der Waals surface area (Å²) in [5.41, 5.74) is 7.53. The molecule has 0 bridgehead atoms. The molecule has 0 aromatic heterocycles. The van der Waals surface area contributed by atoms with E-state index in [2.05, 4.69) is 36.2 Å². The molecule has 0 amide bonds. The molecule has 0 aliphatic carbocycles. The Balaban J connectivity index is 1.63. The van der Waals surface area contributed by atoms with Crippen molar-refractivity contribution in [2.45, 2.75) is 46.2 Å². The highest BCUT2D eigenvalue weighted by molar-refractivity contribution is 7.87. The molecule has 5 rings (SSSR count). The third-order valence-electron chi connectivity index (χ3n) is 6.73. The Kier molecular flexibility index (Phi) is 6.18. The number of rotatable bonds is 7. The summed E-state index contributed by atoms with van der Waals surface area (Å²) in [6.45, 7) is 8.55. The minimum Gasteiger partial charge on any atom is -0.496 e. The normalized spacial score (nSPS) is 15.6. The lowest BCUT2D eigenvalue weighted by Gasteiger charge is -2.33. The fourth-order valence-corrected chi connectivity index (χ4v) is 6.17. The average molecular weight is 523 g/mol. The fraction of sp³-hybridized carbons (Fsp3) is 0.310. The molecular weight excluding hydrogens is 491 g/mol. The number of nitrogens with zero attached hydrogens (tertiary/aromatic N) is 1. The van der Waals surface area contributed by atoms with Gasteiger partial charge in [0.25, 0.3) is 0 Å². The maximum absolute atomic E-state index is 14.3. The van der Waals surface area contributed by atoms with E-state index >= 15 is 0 Å². The summed E-state index contributed by atoms with van der Waals surface area (Å²) in [5, 5.41) is 3.60.